The minimum atomic E-state index is -1.16. The van der Waals surface area contributed by atoms with Crippen molar-refractivity contribution in [1.82, 2.24) is 21.3 Å². The second-order valence-corrected chi connectivity index (χ2v) is 10.6. The van der Waals surface area contributed by atoms with Crippen molar-refractivity contribution in [3.05, 3.63) is 35.9 Å². The molecule has 0 aliphatic carbocycles. The molecule has 1 rings (SSSR count). The standard InChI is InChI=1S/C26H40N4O6S/c1-16(2)13-20(25(34)30-22(17(3)4)26(35)36)28-24(33)21(14-18-9-7-6-8-10-18)29-23(32)19(27-15-31)11-12-37-5/h6-10,15-17,19-22H,11-14H2,1-5H3,(H,27,31)(H,28,33)(H,29,32)(H,30,34)(H,35,36)/t19-,20-,21-,22-/m0/s1. The first-order valence-corrected chi connectivity index (χ1v) is 13.8. The van der Waals surface area contributed by atoms with Crippen LogP contribution in [0.4, 0.5) is 0 Å². The minimum Gasteiger partial charge on any atom is -0.480 e. The van der Waals surface area contributed by atoms with Gasteiger partial charge >= 0.3 is 5.97 Å². The maximum atomic E-state index is 13.4. The quantitative estimate of drug-likeness (QED) is 0.188. The van der Waals surface area contributed by atoms with Crippen LogP contribution < -0.4 is 21.3 Å². The molecule has 0 saturated carbocycles. The van der Waals surface area contributed by atoms with E-state index in [0.717, 1.165) is 5.56 Å². The molecule has 0 saturated heterocycles. The Morgan fingerprint density at radius 2 is 1.46 bits per heavy atom. The van der Waals surface area contributed by atoms with Gasteiger partial charge in [-0.2, -0.15) is 11.8 Å². The average Bonchev–Trinajstić information content (AvgIpc) is 2.83. The number of rotatable bonds is 17. The van der Waals surface area contributed by atoms with Crippen LogP contribution in [0.2, 0.25) is 0 Å². The summed E-state index contributed by atoms with van der Waals surface area (Å²) in [7, 11) is 0. The van der Waals surface area contributed by atoms with Crippen LogP contribution in [-0.4, -0.2) is 71.4 Å². The van der Waals surface area contributed by atoms with Crippen molar-refractivity contribution in [3.8, 4) is 0 Å². The molecule has 0 unspecified atom stereocenters. The highest BCUT2D eigenvalue weighted by Gasteiger charge is 2.32. The summed E-state index contributed by atoms with van der Waals surface area (Å²) in [5.41, 5.74) is 0.794. The molecule has 1 aromatic carbocycles. The van der Waals surface area contributed by atoms with Gasteiger partial charge in [-0.1, -0.05) is 58.0 Å². The zero-order valence-electron chi connectivity index (χ0n) is 22.2. The number of carboxylic acid groups (broad SMARTS) is 1. The fraction of sp³-hybridized carbons (Fsp3) is 0.577. The van der Waals surface area contributed by atoms with Crippen LogP contribution >= 0.6 is 11.8 Å². The molecule has 10 nitrogen and oxygen atoms in total. The Bertz CT molecular complexity index is 896. The second kappa shape index (κ2) is 16.6. The molecule has 0 heterocycles. The van der Waals surface area contributed by atoms with Crippen molar-refractivity contribution >= 4 is 41.9 Å². The van der Waals surface area contributed by atoms with Gasteiger partial charge in [-0.05, 0) is 42.2 Å². The Morgan fingerprint density at radius 1 is 0.892 bits per heavy atom. The van der Waals surface area contributed by atoms with Crippen LogP contribution in [0.3, 0.4) is 0 Å². The van der Waals surface area contributed by atoms with E-state index in [4.69, 9.17) is 0 Å². The van der Waals surface area contributed by atoms with E-state index in [-0.39, 0.29) is 24.7 Å². The van der Waals surface area contributed by atoms with Gasteiger partial charge in [-0.3, -0.25) is 19.2 Å². The number of hydrogen-bond acceptors (Lipinski definition) is 6. The molecule has 0 radical (unpaired) electrons. The maximum Gasteiger partial charge on any atom is 0.326 e. The number of aliphatic carboxylic acids is 1. The van der Waals surface area contributed by atoms with Crippen molar-refractivity contribution in [2.75, 3.05) is 12.0 Å². The van der Waals surface area contributed by atoms with Crippen LogP contribution in [0.15, 0.2) is 30.3 Å². The molecule has 0 spiro atoms. The van der Waals surface area contributed by atoms with Gasteiger partial charge in [0, 0.05) is 6.42 Å². The molecule has 206 valence electrons. The Kier molecular flexibility index (Phi) is 14.4. The van der Waals surface area contributed by atoms with Crippen LogP contribution in [0, 0.1) is 11.8 Å². The van der Waals surface area contributed by atoms with Gasteiger partial charge in [0.15, 0.2) is 0 Å². The Labute approximate surface area is 223 Å². The highest BCUT2D eigenvalue weighted by atomic mass is 32.2. The van der Waals surface area contributed by atoms with Crippen molar-refractivity contribution in [3.63, 3.8) is 0 Å². The van der Waals surface area contributed by atoms with Gasteiger partial charge < -0.3 is 26.4 Å². The summed E-state index contributed by atoms with van der Waals surface area (Å²) in [5.74, 6) is -2.55. The van der Waals surface area contributed by atoms with Crippen molar-refractivity contribution in [2.45, 2.75) is 71.1 Å². The van der Waals surface area contributed by atoms with Crippen molar-refractivity contribution in [2.24, 2.45) is 11.8 Å². The first kappa shape index (κ1) is 31.9. The normalized spacial score (nSPS) is 14.2. The van der Waals surface area contributed by atoms with Gasteiger partial charge in [0.05, 0.1) is 0 Å². The van der Waals surface area contributed by atoms with Gasteiger partial charge in [-0.25, -0.2) is 4.79 Å². The van der Waals surface area contributed by atoms with Gasteiger partial charge in [-0.15, -0.1) is 0 Å². The third-order valence-corrected chi connectivity index (χ3v) is 6.33. The molecule has 1 aromatic rings. The number of amides is 4. The third kappa shape index (κ3) is 11.7. The second-order valence-electron chi connectivity index (χ2n) is 9.63. The zero-order chi connectivity index (χ0) is 28.0. The monoisotopic (exact) mass is 536 g/mol. The fourth-order valence-electron chi connectivity index (χ4n) is 3.68. The van der Waals surface area contributed by atoms with Gasteiger partial charge in [0.1, 0.15) is 24.2 Å². The molecule has 5 N–H and O–H groups in total. The Morgan fingerprint density at radius 3 is 1.97 bits per heavy atom. The molecule has 0 fully saturated rings. The predicted octanol–water partition coefficient (Wildman–Crippen LogP) is 1.34. The summed E-state index contributed by atoms with van der Waals surface area (Å²) in [6.07, 6.45) is 3.16. The molecular weight excluding hydrogens is 496 g/mol. The largest absolute Gasteiger partial charge is 0.480 e. The first-order valence-electron chi connectivity index (χ1n) is 12.4. The van der Waals surface area contributed by atoms with Crippen molar-refractivity contribution < 1.29 is 29.1 Å². The summed E-state index contributed by atoms with van der Waals surface area (Å²) in [5, 5.41) is 19.9. The minimum absolute atomic E-state index is 0.0215. The molecule has 4 amide bonds. The van der Waals surface area contributed by atoms with Gasteiger partial charge in [0.25, 0.3) is 0 Å². The molecule has 0 bridgehead atoms. The van der Waals surface area contributed by atoms with Crippen LogP contribution in [0.1, 0.15) is 46.1 Å². The lowest BCUT2D eigenvalue weighted by molar-refractivity contribution is -0.143. The van der Waals surface area contributed by atoms with Crippen LogP contribution in [-0.2, 0) is 30.4 Å². The number of thioether (sulfide) groups is 1. The van der Waals surface area contributed by atoms with Crippen LogP contribution in [0.5, 0.6) is 0 Å². The van der Waals surface area contributed by atoms with E-state index in [2.05, 4.69) is 21.3 Å². The van der Waals surface area contributed by atoms with E-state index in [9.17, 15) is 29.1 Å². The van der Waals surface area contributed by atoms with Gasteiger partial charge in [0.2, 0.25) is 24.1 Å². The number of carboxylic acids is 1. The van der Waals surface area contributed by atoms with Crippen LogP contribution in [0.25, 0.3) is 0 Å². The molecule has 0 aromatic heterocycles. The Balaban J connectivity index is 3.16. The molecule has 11 heteroatoms. The highest BCUT2D eigenvalue weighted by Crippen LogP contribution is 2.10. The average molecular weight is 537 g/mol. The lowest BCUT2D eigenvalue weighted by Gasteiger charge is -2.27. The van der Waals surface area contributed by atoms with E-state index in [1.165, 1.54) is 11.8 Å². The van der Waals surface area contributed by atoms with E-state index in [0.29, 0.717) is 18.6 Å². The topological polar surface area (TPSA) is 154 Å². The number of carbonyl (C=O) groups excluding carboxylic acids is 4. The van der Waals surface area contributed by atoms with E-state index in [1.807, 2.05) is 50.4 Å². The number of nitrogens with one attached hydrogen (secondary N) is 4. The summed E-state index contributed by atoms with van der Waals surface area (Å²) >= 11 is 1.53. The summed E-state index contributed by atoms with van der Waals surface area (Å²) < 4.78 is 0. The summed E-state index contributed by atoms with van der Waals surface area (Å²) in [6, 6.07) is 5.16. The first-order chi connectivity index (χ1) is 17.5. The van der Waals surface area contributed by atoms with E-state index < -0.39 is 47.9 Å². The zero-order valence-corrected chi connectivity index (χ0v) is 23.0. The van der Waals surface area contributed by atoms with E-state index >= 15 is 0 Å². The lowest BCUT2D eigenvalue weighted by atomic mass is 9.99. The lowest BCUT2D eigenvalue weighted by Crippen LogP contribution is -2.58. The molecular formula is C26H40N4O6S. The molecule has 4 atom stereocenters. The summed E-state index contributed by atoms with van der Waals surface area (Å²) in [4.78, 5) is 62.0. The number of benzene rings is 1. The Hall–Kier alpha value is -3.08. The summed E-state index contributed by atoms with van der Waals surface area (Å²) in [6.45, 7) is 7.13. The number of carbonyl (C=O) groups is 5. The third-order valence-electron chi connectivity index (χ3n) is 5.68. The molecule has 0 aliphatic heterocycles. The van der Waals surface area contributed by atoms with Crippen molar-refractivity contribution in [1.29, 1.82) is 0 Å². The highest BCUT2D eigenvalue weighted by molar-refractivity contribution is 7.98. The fourth-order valence-corrected chi connectivity index (χ4v) is 4.15. The SMILES string of the molecule is CSCC[C@H](NC=O)C(=O)N[C@@H](Cc1ccccc1)C(=O)N[C@@H](CC(C)C)C(=O)N[C@H](C(=O)O)C(C)C. The molecule has 0 aliphatic rings. The van der Waals surface area contributed by atoms with E-state index in [1.54, 1.807) is 13.8 Å². The smallest absolute Gasteiger partial charge is 0.326 e. The predicted molar refractivity (Wildman–Crippen MR) is 144 cm³/mol. The maximum absolute atomic E-state index is 13.4. The molecule has 37 heavy (non-hydrogen) atoms. The number of hydrogen-bond donors (Lipinski definition) is 5.